The summed E-state index contributed by atoms with van der Waals surface area (Å²) in [6, 6.07) is 6.55. The van der Waals surface area contributed by atoms with Gasteiger partial charge in [-0.15, -0.1) is 0 Å². The topological polar surface area (TPSA) is 92.9 Å². The molecule has 0 saturated carbocycles. The molecule has 3 rings (SSSR count). The number of primary amides is 1. The Hall–Kier alpha value is -2.90. The van der Waals surface area contributed by atoms with Crippen LogP contribution in [0.3, 0.4) is 0 Å². The van der Waals surface area contributed by atoms with Gasteiger partial charge in [0.1, 0.15) is 17.3 Å². The third-order valence-electron chi connectivity index (χ3n) is 5.24. The quantitative estimate of drug-likeness (QED) is 0.473. The van der Waals surface area contributed by atoms with Gasteiger partial charge in [0.2, 0.25) is 5.91 Å². The molecular formula is C23H24ClFN2O4. The van der Waals surface area contributed by atoms with Crippen molar-refractivity contribution in [1.82, 2.24) is 4.90 Å². The van der Waals surface area contributed by atoms with Crippen LogP contribution in [-0.2, 0) is 11.3 Å². The van der Waals surface area contributed by atoms with Crippen molar-refractivity contribution in [2.24, 2.45) is 5.73 Å². The minimum atomic E-state index is -0.474. The molecule has 0 bridgehead atoms. The number of likely N-dealkylation sites (tertiary alicyclic amines) is 1. The molecule has 0 spiro atoms. The lowest BCUT2D eigenvalue weighted by Crippen LogP contribution is -2.39. The number of phenols is 1. The smallest absolute Gasteiger partial charge is 0.234 e. The second kappa shape index (κ2) is 9.94. The van der Waals surface area contributed by atoms with E-state index in [2.05, 4.69) is 0 Å². The number of ether oxygens (including phenoxy) is 1. The van der Waals surface area contributed by atoms with Crippen molar-refractivity contribution in [3.8, 4) is 11.5 Å². The number of hydrogen-bond donors (Lipinski definition) is 2. The van der Waals surface area contributed by atoms with Crippen LogP contribution in [-0.4, -0.2) is 40.9 Å². The SMILES string of the molecule is CCOc1ccc(C(=O)/C=C/c2ccc(F)cc2Cl)c(O)c1CN1CCC[C@H]1C(N)=O. The van der Waals surface area contributed by atoms with E-state index in [0.29, 0.717) is 36.4 Å². The van der Waals surface area contributed by atoms with Gasteiger partial charge in [-0.1, -0.05) is 17.7 Å². The standard InChI is InChI=1S/C23H24ClFN2O4/c1-2-31-21-10-8-16(20(28)9-6-14-5-7-15(25)12-18(14)24)22(29)17(21)13-27-11-3-4-19(27)23(26)30/h5-10,12,19,29H,2-4,11,13H2,1H3,(H2,26,30)/b9-6+/t19-/m0/s1. The number of carbonyl (C=O) groups is 2. The van der Waals surface area contributed by atoms with Crippen LogP contribution in [0.5, 0.6) is 11.5 Å². The summed E-state index contributed by atoms with van der Waals surface area (Å²) in [7, 11) is 0. The average Bonchev–Trinajstić information content (AvgIpc) is 3.18. The van der Waals surface area contributed by atoms with Gasteiger partial charge in [-0.2, -0.15) is 0 Å². The van der Waals surface area contributed by atoms with Gasteiger partial charge >= 0.3 is 0 Å². The molecule has 1 aliphatic rings. The maximum absolute atomic E-state index is 13.2. The fraction of sp³-hybridized carbons (Fsp3) is 0.304. The lowest BCUT2D eigenvalue weighted by atomic mass is 10.0. The van der Waals surface area contributed by atoms with Crippen LogP contribution in [0.25, 0.3) is 6.08 Å². The van der Waals surface area contributed by atoms with Gasteiger partial charge in [0.15, 0.2) is 5.78 Å². The molecule has 8 heteroatoms. The van der Waals surface area contributed by atoms with Gasteiger partial charge in [0, 0.05) is 6.54 Å². The Morgan fingerprint density at radius 1 is 1.35 bits per heavy atom. The first-order chi connectivity index (χ1) is 14.8. The Bertz CT molecular complexity index is 1020. The minimum absolute atomic E-state index is 0.0859. The second-order valence-electron chi connectivity index (χ2n) is 7.27. The lowest BCUT2D eigenvalue weighted by Gasteiger charge is -2.24. The summed E-state index contributed by atoms with van der Waals surface area (Å²) in [5, 5.41) is 11.1. The summed E-state index contributed by atoms with van der Waals surface area (Å²) >= 11 is 5.99. The van der Waals surface area contributed by atoms with Crippen molar-refractivity contribution in [2.75, 3.05) is 13.2 Å². The van der Waals surface area contributed by atoms with E-state index >= 15 is 0 Å². The van der Waals surface area contributed by atoms with Crippen molar-refractivity contribution in [3.05, 3.63) is 63.9 Å². The van der Waals surface area contributed by atoms with Gasteiger partial charge in [-0.25, -0.2) is 4.39 Å². The highest BCUT2D eigenvalue weighted by Gasteiger charge is 2.31. The summed E-state index contributed by atoms with van der Waals surface area (Å²) < 4.78 is 18.8. The number of nitrogens with zero attached hydrogens (tertiary/aromatic N) is 1. The second-order valence-corrected chi connectivity index (χ2v) is 7.67. The first-order valence-corrected chi connectivity index (χ1v) is 10.4. The summed E-state index contributed by atoms with van der Waals surface area (Å²) in [5.41, 5.74) is 6.49. The molecule has 1 atom stereocenters. The Balaban J connectivity index is 1.90. The third kappa shape index (κ3) is 5.24. The molecule has 0 aliphatic carbocycles. The van der Waals surface area contributed by atoms with E-state index in [9.17, 15) is 19.1 Å². The number of ketones is 1. The van der Waals surface area contributed by atoms with E-state index in [1.165, 1.54) is 30.4 Å². The molecule has 0 unspecified atom stereocenters. The number of allylic oxidation sites excluding steroid dienone is 1. The van der Waals surface area contributed by atoms with Gasteiger partial charge in [0.25, 0.3) is 0 Å². The van der Waals surface area contributed by atoms with Crippen molar-refractivity contribution in [3.63, 3.8) is 0 Å². The largest absolute Gasteiger partial charge is 0.507 e. The number of carbonyl (C=O) groups excluding carboxylic acids is 2. The van der Waals surface area contributed by atoms with E-state index < -0.39 is 23.5 Å². The van der Waals surface area contributed by atoms with Crippen LogP contribution in [0.1, 0.15) is 41.3 Å². The summed E-state index contributed by atoms with van der Waals surface area (Å²) in [6.07, 6.45) is 4.20. The van der Waals surface area contributed by atoms with Crippen molar-refractivity contribution in [2.45, 2.75) is 32.4 Å². The van der Waals surface area contributed by atoms with Crippen molar-refractivity contribution >= 4 is 29.4 Å². The number of nitrogens with two attached hydrogens (primary N) is 1. The molecule has 164 valence electrons. The summed E-state index contributed by atoms with van der Waals surface area (Å²) in [6.45, 7) is 3.07. The van der Waals surface area contributed by atoms with Crippen molar-refractivity contribution < 1.29 is 23.8 Å². The molecule has 1 saturated heterocycles. The fourth-order valence-corrected chi connectivity index (χ4v) is 3.92. The molecule has 0 radical (unpaired) electrons. The Morgan fingerprint density at radius 3 is 2.81 bits per heavy atom. The zero-order valence-corrected chi connectivity index (χ0v) is 17.9. The zero-order chi connectivity index (χ0) is 22.5. The molecule has 2 aromatic rings. The molecule has 1 heterocycles. The fourth-order valence-electron chi connectivity index (χ4n) is 3.69. The van der Waals surface area contributed by atoms with Crippen LogP contribution >= 0.6 is 11.6 Å². The first-order valence-electron chi connectivity index (χ1n) is 10.00. The third-order valence-corrected chi connectivity index (χ3v) is 5.56. The van der Waals surface area contributed by atoms with E-state index in [1.54, 1.807) is 6.07 Å². The number of amides is 1. The molecular weight excluding hydrogens is 423 g/mol. The monoisotopic (exact) mass is 446 g/mol. The van der Waals surface area contributed by atoms with Crippen LogP contribution < -0.4 is 10.5 Å². The highest BCUT2D eigenvalue weighted by molar-refractivity contribution is 6.32. The number of benzene rings is 2. The maximum Gasteiger partial charge on any atom is 0.234 e. The molecule has 6 nitrogen and oxygen atoms in total. The summed E-state index contributed by atoms with van der Waals surface area (Å²) in [5.74, 6) is -1.10. The van der Waals surface area contributed by atoms with Gasteiger partial charge in [-0.05, 0) is 68.3 Å². The summed E-state index contributed by atoms with van der Waals surface area (Å²) in [4.78, 5) is 26.4. The van der Waals surface area contributed by atoms with Crippen molar-refractivity contribution in [1.29, 1.82) is 0 Å². The number of halogens is 2. The zero-order valence-electron chi connectivity index (χ0n) is 17.1. The van der Waals surface area contributed by atoms with Crippen LogP contribution in [0.15, 0.2) is 36.4 Å². The molecule has 2 aromatic carbocycles. The number of hydrogen-bond acceptors (Lipinski definition) is 5. The number of phenolic OH excluding ortho intramolecular Hbond substituents is 1. The number of aromatic hydroxyl groups is 1. The predicted molar refractivity (Wildman–Crippen MR) is 117 cm³/mol. The van der Waals surface area contributed by atoms with Gasteiger partial charge in [-0.3, -0.25) is 14.5 Å². The van der Waals surface area contributed by atoms with Gasteiger partial charge < -0.3 is 15.6 Å². The highest BCUT2D eigenvalue weighted by Crippen LogP contribution is 2.35. The van der Waals surface area contributed by atoms with Crippen LogP contribution in [0.4, 0.5) is 4.39 Å². The van der Waals surface area contributed by atoms with E-state index in [1.807, 2.05) is 11.8 Å². The molecule has 31 heavy (non-hydrogen) atoms. The van der Waals surface area contributed by atoms with Crippen LogP contribution in [0, 0.1) is 5.82 Å². The number of rotatable bonds is 8. The molecule has 0 aromatic heterocycles. The molecule has 1 aliphatic heterocycles. The van der Waals surface area contributed by atoms with E-state index in [0.717, 1.165) is 12.5 Å². The lowest BCUT2D eigenvalue weighted by molar-refractivity contribution is -0.122. The Morgan fingerprint density at radius 2 is 2.13 bits per heavy atom. The van der Waals surface area contributed by atoms with Crippen LogP contribution in [0.2, 0.25) is 5.02 Å². The predicted octanol–water partition coefficient (Wildman–Crippen LogP) is 3.93. The Labute approximate surface area is 185 Å². The Kier molecular flexibility index (Phi) is 7.30. The van der Waals surface area contributed by atoms with E-state index in [-0.39, 0.29) is 22.9 Å². The average molecular weight is 447 g/mol. The minimum Gasteiger partial charge on any atom is -0.507 e. The first kappa shape index (κ1) is 22.8. The maximum atomic E-state index is 13.2. The highest BCUT2D eigenvalue weighted by atomic mass is 35.5. The van der Waals surface area contributed by atoms with Gasteiger partial charge in [0.05, 0.1) is 28.8 Å². The molecule has 1 fully saturated rings. The normalized spacial score (nSPS) is 16.7. The van der Waals surface area contributed by atoms with E-state index in [4.69, 9.17) is 22.1 Å². The molecule has 1 amide bonds. The molecule has 3 N–H and O–H groups in total.